The van der Waals surface area contributed by atoms with Crippen molar-refractivity contribution in [3.63, 3.8) is 0 Å². The molecule has 5 heteroatoms. The minimum atomic E-state index is 0.401. The molecular formula is C22H29N5. The van der Waals surface area contributed by atoms with Crippen LogP contribution in [0.15, 0.2) is 42.9 Å². The molecule has 1 N–H and O–H groups in total. The summed E-state index contributed by atoms with van der Waals surface area (Å²) in [4.78, 5) is 13.8. The Balaban J connectivity index is 1.21. The van der Waals surface area contributed by atoms with Gasteiger partial charge in [0.25, 0.3) is 0 Å². The molecule has 3 aliphatic heterocycles. The summed E-state index contributed by atoms with van der Waals surface area (Å²) in [5.41, 5.74) is 3.33. The fraction of sp³-hybridized carbons (Fsp3) is 0.545. The molecule has 0 radical (unpaired) electrons. The van der Waals surface area contributed by atoms with Crippen molar-refractivity contribution in [2.75, 3.05) is 42.9 Å². The van der Waals surface area contributed by atoms with Gasteiger partial charge in [-0.15, -0.1) is 0 Å². The van der Waals surface area contributed by atoms with Gasteiger partial charge < -0.3 is 15.1 Å². The monoisotopic (exact) mass is 363 g/mol. The van der Waals surface area contributed by atoms with Crippen molar-refractivity contribution in [2.45, 2.75) is 43.6 Å². The number of benzene rings is 1. The highest BCUT2D eigenvalue weighted by molar-refractivity contribution is 5.57. The molecule has 142 valence electrons. The van der Waals surface area contributed by atoms with Gasteiger partial charge in [0, 0.05) is 49.2 Å². The molecule has 0 unspecified atom stereocenters. The fourth-order valence-electron chi connectivity index (χ4n) is 5.42. The molecule has 0 atom stereocenters. The predicted molar refractivity (Wildman–Crippen MR) is 109 cm³/mol. The summed E-state index contributed by atoms with van der Waals surface area (Å²) in [5, 5.41) is 3.60. The third kappa shape index (κ3) is 3.18. The van der Waals surface area contributed by atoms with Gasteiger partial charge in [-0.05, 0) is 56.8 Å². The van der Waals surface area contributed by atoms with E-state index in [9.17, 15) is 0 Å². The number of aromatic nitrogens is 2. The van der Waals surface area contributed by atoms with Crippen molar-refractivity contribution in [1.82, 2.24) is 14.9 Å². The van der Waals surface area contributed by atoms with Gasteiger partial charge in [-0.25, -0.2) is 4.98 Å². The van der Waals surface area contributed by atoms with Crippen LogP contribution in [0.3, 0.4) is 0 Å². The smallest absolute Gasteiger partial charge is 0.147 e. The summed E-state index contributed by atoms with van der Waals surface area (Å²) in [5.74, 6) is 1.03. The zero-order valence-electron chi connectivity index (χ0n) is 16.0. The van der Waals surface area contributed by atoms with Crippen LogP contribution in [-0.4, -0.2) is 53.6 Å². The molecular weight excluding hydrogens is 334 g/mol. The van der Waals surface area contributed by atoms with E-state index in [1.807, 2.05) is 6.20 Å². The lowest BCUT2D eigenvalue weighted by Crippen LogP contribution is -2.51. The number of anilines is 2. The summed E-state index contributed by atoms with van der Waals surface area (Å²) < 4.78 is 0. The average Bonchev–Trinajstić information content (AvgIpc) is 2.76. The number of rotatable bonds is 2. The van der Waals surface area contributed by atoms with Crippen LogP contribution in [0.1, 0.15) is 37.7 Å². The molecule has 5 rings (SSSR count). The highest BCUT2D eigenvalue weighted by Crippen LogP contribution is 2.45. The number of fused-ring (bicyclic) bond motifs is 2. The van der Waals surface area contributed by atoms with E-state index in [0.717, 1.165) is 31.5 Å². The van der Waals surface area contributed by atoms with Crippen molar-refractivity contribution >= 4 is 11.5 Å². The van der Waals surface area contributed by atoms with Crippen LogP contribution in [0, 0.1) is 0 Å². The van der Waals surface area contributed by atoms with Gasteiger partial charge in [0.15, 0.2) is 0 Å². The fourth-order valence-corrected chi connectivity index (χ4v) is 5.42. The molecule has 1 aromatic carbocycles. The summed E-state index contributed by atoms with van der Waals surface area (Å²) in [6.45, 7) is 5.79. The molecule has 3 aliphatic rings. The largest absolute Gasteiger partial charge is 0.385 e. The minimum Gasteiger partial charge on any atom is -0.385 e. The molecule has 2 aromatic rings. The Hall–Kier alpha value is -2.14. The number of nitrogens with zero attached hydrogens (tertiary/aromatic N) is 4. The lowest BCUT2D eigenvalue weighted by Gasteiger charge is -2.48. The predicted octanol–water partition coefficient (Wildman–Crippen LogP) is 3.29. The second-order valence-electron chi connectivity index (χ2n) is 8.32. The molecule has 5 nitrogen and oxygen atoms in total. The van der Waals surface area contributed by atoms with Crippen molar-refractivity contribution in [1.29, 1.82) is 0 Å². The van der Waals surface area contributed by atoms with Gasteiger partial charge in [0.2, 0.25) is 0 Å². The molecule has 2 saturated heterocycles. The molecule has 4 heterocycles. The Bertz CT molecular complexity index is 761. The van der Waals surface area contributed by atoms with Crippen molar-refractivity contribution in [3.8, 4) is 0 Å². The van der Waals surface area contributed by atoms with Crippen LogP contribution < -0.4 is 10.2 Å². The van der Waals surface area contributed by atoms with Crippen LogP contribution in [0.2, 0.25) is 0 Å². The third-order valence-corrected chi connectivity index (χ3v) is 7.03. The van der Waals surface area contributed by atoms with Gasteiger partial charge >= 0.3 is 0 Å². The Morgan fingerprint density at radius 3 is 2.56 bits per heavy atom. The summed E-state index contributed by atoms with van der Waals surface area (Å²) in [6, 6.07) is 9.71. The molecule has 2 fully saturated rings. The van der Waals surface area contributed by atoms with Crippen LogP contribution in [-0.2, 0) is 5.41 Å². The molecule has 0 saturated carbocycles. The minimum absolute atomic E-state index is 0.401. The molecule has 27 heavy (non-hydrogen) atoms. The summed E-state index contributed by atoms with van der Waals surface area (Å²) in [7, 11) is 0. The van der Waals surface area contributed by atoms with Crippen molar-refractivity contribution in [3.05, 3.63) is 48.4 Å². The van der Waals surface area contributed by atoms with Crippen LogP contribution in [0.5, 0.6) is 0 Å². The van der Waals surface area contributed by atoms with E-state index in [4.69, 9.17) is 0 Å². The molecule has 0 amide bonds. The number of hydrogen-bond acceptors (Lipinski definition) is 5. The number of piperidine rings is 2. The molecule has 1 aromatic heterocycles. The highest BCUT2D eigenvalue weighted by Gasteiger charge is 2.40. The number of nitrogens with one attached hydrogen (secondary N) is 1. The van der Waals surface area contributed by atoms with Crippen molar-refractivity contribution in [2.24, 2.45) is 0 Å². The number of hydrogen-bond donors (Lipinski definition) is 1. The first-order valence-corrected chi connectivity index (χ1v) is 10.4. The van der Waals surface area contributed by atoms with E-state index >= 15 is 0 Å². The maximum Gasteiger partial charge on any atom is 0.147 e. The van der Waals surface area contributed by atoms with Gasteiger partial charge in [-0.3, -0.25) is 4.98 Å². The molecule has 0 aliphatic carbocycles. The van der Waals surface area contributed by atoms with Crippen LogP contribution in [0.25, 0.3) is 0 Å². The maximum atomic E-state index is 4.46. The average molecular weight is 364 g/mol. The van der Waals surface area contributed by atoms with Gasteiger partial charge in [0.1, 0.15) is 5.82 Å². The summed E-state index contributed by atoms with van der Waals surface area (Å²) in [6.07, 6.45) is 11.8. The van der Waals surface area contributed by atoms with E-state index < -0.39 is 0 Å². The molecule has 0 bridgehead atoms. The van der Waals surface area contributed by atoms with E-state index in [-0.39, 0.29) is 0 Å². The maximum absolute atomic E-state index is 4.46. The second-order valence-corrected chi connectivity index (χ2v) is 8.32. The molecule has 1 spiro atoms. The topological polar surface area (TPSA) is 44.3 Å². The van der Waals surface area contributed by atoms with Gasteiger partial charge in [-0.2, -0.15) is 0 Å². The number of likely N-dealkylation sites (tertiary alicyclic amines) is 1. The van der Waals surface area contributed by atoms with E-state index in [1.54, 1.807) is 18.0 Å². The third-order valence-electron chi connectivity index (χ3n) is 7.03. The quantitative estimate of drug-likeness (QED) is 0.887. The van der Waals surface area contributed by atoms with E-state index in [1.165, 1.54) is 50.9 Å². The van der Waals surface area contributed by atoms with Gasteiger partial charge in [-0.1, -0.05) is 18.2 Å². The van der Waals surface area contributed by atoms with Crippen LogP contribution in [0.4, 0.5) is 11.5 Å². The second kappa shape index (κ2) is 7.12. The zero-order chi connectivity index (χ0) is 18.1. The first-order valence-electron chi connectivity index (χ1n) is 10.4. The van der Waals surface area contributed by atoms with Gasteiger partial charge in [0.05, 0.1) is 6.20 Å². The Morgan fingerprint density at radius 2 is 1.78 bits per heavy atom. The van der Waals surface area contributed by atoms with E-state index in [2.05, 4.69) is 49.4 Å². The normalized spacial score (nSPS) is 23.0. The SMILES string of the molecule is c1ccc2c(c1)NCCC21CCN(C2CCN(c3cnccn3)CC2)CC1. The number of para-hydroxylation sites is 1. The highest BCUT2D eigenvalue weighted by atomic mass is 15.2. The zero-order valence-corrected chi connectivity index (χ0v) is 16.0. The van der Waals surface area contributed by atoms with E-state index in [0.29, 0.717) is 5.41 Å². The lowest BCUT2D eigenvalue weighted by molar-refractivity contribution is 0.0959. The van der Waals surface area contributed by atoms with Crippen molar-refractivity contribution < 1.29 is 0 Å². The lowest BCUT2D eigenvalue weighted by atomic mass is 9.68. The Kier molecular flexibility index (Phi) is 4.48. The first kappa shape index (κ1) is 17.0. The van der Waals surface area contributed by atoms with Crippen LogP contribution >= 0.6 is 0 Å². The first-order chi connectivity index (χ1) is 13.3. The standard InChI is InChI=1S/C22H29N5/c1-2-4-20-19(3-1)22(7-10-24-20)8-15-26(16-9-22)18-5-13-27(14-6-18)21-17-23-11-12-25-21/h1-4,11-12,17-18,24H,5-10,13-16H2. The Labute approximate surface area is 161 Å². The summed E-state index contributed by atoms with van der Waals surface area (Å²) >= 11 is 0. The Morgan fingerprint density at radius 1 is 0.963 bits per heavy atom.